The monoisotopic (exact) mass is 335 g/mol. The Kier molecular flexibility index (Phi) is 6.54. The molecular weight excluding hydrogens is 310 g/mol. The molecule has 0 saturated heterocycles. The molecule has 2 atom stereocenters. The second-order valence-corrected chi connectivity index (χ2v) is 6.31. The van der Waals surface area contributed by atoms with Gasteiger partial charge in [-0.15, -0.1) is 0 Å². The Bertz CT molecular complexity index is 591. The Morgan fingerprint density at radius 2 is 2.12 bits per heavy atom. The molecule has 7 heteroatoms. The van der Waals surface area contributed by atoms with Crippen LogP contribution in [-0.2, 0) is 4.74 Å². The van der Waals surface area contributed by atoms with Crippen molar-refractivity contribution in [1.82, 2.24) is 5.32 Å². The molecular formula is C17H25N3O4. The molecule has 0 bridgehead atoms. The van der Waals surface area contributed by atoms with Gasteiger partial charge in [-0.3, -0.25) is 10.1 Å². The van der Waals surface area contributed by atoms with E-state index in [1.807, 2.05) is 0 Å². The third-order valence-electron chi connectivity index (χ3n) is 4.42. The van der Waals surface area contributed by atoms with Gasteiger partial charge in [-0.1, -0.05) is 25.8 Å². The number of urea groups is 1. The fraction of sp³-hybridized carbons (Fsp3) is 0.588. The zero-order chi connectivity index (χ0) is 17.5. The second-order valence-electron chi connectivity index (χ2n) is 6.31. The lowest BCUT2D eigenvalue weighted by atomic mass is 9.88. The van der Waals surface area contributed by atoms with Crippen molar-refractivity contribution in [1.29, 1.82) is 0 Å². The highest BCUT2D eigenvalue weighted by atomic mass is 16.6. The summed E-state index contributed by atoms with van der Waals surface area (Å²) in [5.41, 5.74) is 0.940. The Morgan fingerprint density at radius 3 is 2.83 bits per heavy atom. The number of nitrogens with zero attached hydrogens (tertiary/aromatic N) is 1. The highest BCUT2D eigenvalue weighted by molar-refractivity contribution is 5.89. The Balaban J connectivity index is 1.73. The van der Waals surface area contributed by atoms with Gasteiger partial charge < -0.3 is 15.4 Å². The van der Waals surface area contributed by atoms with Gasteiger partial charge in [-0.2, -0.15) is 0 Å². The minimum Gasteiger partial charge on any atom is -0.376 e. The Hall–Kier alpha value is -2.15. The van der Waals surface area contributed by atoms with Crippen LogP contribution in [0.1, 0.15) is 38.2 Å². The highest BCUT2D eigenvalue weighted by Gasteiger charge is 2.21. The molecule has 1 aromatic rings. The molecule has 0 heterocycles. The first-order chi connectivity index (χ1) is 11.5. The number of hydrogen-bond donors (Lipinski definition) is 2. The first-order valence-electron chi connectivity index (χ1n) is 8.39. The summed E-state index contributed by atoms with van der Waals surface area (Å²) in [6.45, 7) is 4.74. The lowest BCUT2D eigenvalue weighted by Gasteiger charge is -2.28. The molecule has 132 valence electrons. The van der Waals surface area contributed by atoms with Crippen LogP contribution in [0.4, 0.5) is 16.2 Å². The van der Waals surface area contributed by atoms with Gasteiger partial charge >= 0.3 is 6.03 Å². The number of nitro groups is 1. The summed E-state index contributed by atoms with van der Waals surface area (Å²) in [5, 5.41) is 16.2. The van der Waals surface area contributed by atoms with E-state index in [0.717, 1.165) is 6.42 Å². The van der Waals surface area contributed by atoms with Crippen molar-refractivity contribution in [2.45, 2.75) is 45.6 Å². The number of anilines is 1. The first kappa shape index (κ1) is 18.2. The zero-order valence-corrected chi connectivity index (χ0v) is 14.2. The number of rotatable bonds is 6. The highest BCUT2D eigenvalue weighted by Crippen LogP contribution is 2.26. The summed E-state index contributed by atoms with van der Waals surface area (Å²) in [6, 6.07) is 4.21. The van der Waals surface area contributed by atoms with E-state index in [4.69, 9.17) is 4.74 Å². The fourth-order valence-electron chi connectivity index (χ4n) is 2.96. The minimum atomic E-state index is -0.461. The number of ether oxygens (including phenoxy) is 1. The van der Waals surface area contributed by atoms with E-state index in [0.29, 0.717) is 30.3 Å². The molecule has 2 N–H and O–H groups in total. The van der Waals surface area contributed by atoms with Gasteiger partial charge in [-0.25, -0.2) is 4.79 Å². The third-order valence-corrected chi connectivity index (χ3v) is 4.42. The standard InChI is InChI=1S/C17H25N3O4/c1-12-7-8-14(11-15(12)20(22)23)19-17(21)18-9-10-24-16-6-4-3-5-13(16)2/h7-8,11,13,16H,3-6,9-10H2,1-2H3,(H2,18,19,21)/t13-,16+/m0/s1. The molecule has 2 amide bonds. The lowest BCUT2D eigenvalue weighted by molar-refractivity contribution is -0.385. The molecule has 0 unspecified atom stereocenters. The number of carbonyl (C=O) groups excluding carboxylic acids is 1. The predicted octanol–water partition coefficient (Wildman–Crippen LogP) is 3.62. The molecule has 1 aliphatic rings. The molecule has 0 radical (unpaired) electrons. The fourth-order valence-corrected chi connectivity index (χ4v) is 2.96. The predicted molar refractivity (Wildman–Crippen MR) is 92.2 cm³/mol. The molecule has 7 nitrogen and oxygen atoms in total. The maximum atomic E-state index is 11.8. The first-order valence-corrected chi connectivity index (χ1v) is 8.39. The van der Waals surface area contributed by atoms with Gasteiger partial charge in [0, 0.05) is 23.9 Å². The van der Waals surface area contributed by atoms with E-state index >= 15 is 0 Å². The summed E-state index contributed by atoms with van der Waals surface area (Å²) in [5.74, 6) is 0.570. The number of carbonyl (C=O) groups is 1. The topological polar surface area (TPSA) is 93.5 Å². The molecule has 1 saturated carbocycles. The molecule has 0 spiro atoms. The van der Waals surface area contributed by atoms with Crippen molar-refractivity contribution in [3.63, 3.8) is 0 Å². The van der Waals surface area contributed by atoms with E-state index in [2.05, 4.69) is 17.6 Å². The van der Waals surface area contributed by atoms with Crippen molar-refractivity contribution in [3.8, 4) is 0 Å². The maximum Gasteiger partial charge on any atom is 0.319 e. The van der Waals surface area contributed by atoms with Crippen LogP contribution in [-0.4, -0.2) is 30.2 Å². The van der Waals surface area contributed by atoms with Gasteiger partial charge in [0.25, 0.3) is 5.69 Å². The third kappa shape index (κ3) is 5.19. The van der Waals surface area contributed by atoms with E-state index in [1.54, 1.807) is 19.1 Å². The summed E-state index contributed by atoms with van der Waals surface area (Å²) < 4.78 is 5.83. The number of benzene rings is 1. The largest absolute Gasteiger partial charge is 0.376 e. The quantitative estimate of drug-likeness (QED) is 0.472. The number of hydrogen-bond acceptors (Lipinski definition) is 4. The van der Waals surface area contributed by atoms with Crippen LogP contribution in [0, 0.1) is 23.0 Å². The van der Waals surface area contributed by atoms with E-state index < -0.39 is 11.0 Å². The van der Waals surface area contributed by atoms with Crippen LogP contribution in [0.5, 0.6) is 0 Å². The lowest BCUT2D eigenvalue weighted by Crippen LogP contribution is -2.34. The molecule has 1 fully saturated rings. The van der Waals surface area contributed by atoms with Gasteiger partial charge in [-0.05, 0) is 31.7 Å². The normalized spacial score (nSPS) is 20.4. The van der Waals surface area contributed by atoms with Crippen LogP contribution < -0.4 is 10.6 Å². The van der Waals surface area contributed by atoms with Gasteiger partial charge in [0.2, 0.25) is 0 Å². The van der Waals surface area contributed by atoms with Gasteiger partial charge in [0.15, 0.2) is 0 Å². The van der Waals surface area contributed by atoms with Crippen molar-refractivity contribution >= 4 is 17.4 Å². The summed E-state index contributed by atoms with van der Waals surface area (Å²) >= 11 is 0. The summed E-state index contributed by atoms with van der Waals surface area (Å²) in [7, 11) is 0. The van der Waals surface area contributed by atoms with Crippen molar-refractivity contribution in [2.75, 3.05) is 18.5 Å². The Labute approximate surface area is 141 Å². The SMILES string of the molecule is Cc1ccc(NC(=O)NCCO[C@@H]2CCCC[C@@H]2C)cc1[N+](=O)[O-]. The number of nitrogens with one attached hydrogen (secondary N) is 2. The Morgan fingerprint density at radius 1 is 1.38 bits per heavy atom. The van der Waals surface area contributed by atoms with E-state index in [-0.39, 0.29) is 11.8 Å². The van der Waals surface area contributed by atoms with Crippen LogP contribution in [0.3, 0.4) is 0 Å². The average molecular weight is 335 g/mol. The summed E-state index contributed by atoms with van der Waals surface area (Å²) in [4.78, 5) is 22.3. The van der Waals surface area contributed by atoms with Crippen LogP contribution in [0.2, 0.25) is 0 Å². The maximum absolute atomic E-state index is 11.8. The van der Waals surface area contributed by atoms with Crippen molar-refractivity contribution in [2.24, 2.45) is 5.92 Å². The number of nitro benzene ring substituents is 1. The average Bonchev–Trinajstić information content (AvgIpc) is 2.54. The van der Waals surface area contributed by atoms with Crippen LogP contribution in [0.25, 0.3) is 0 Å². The number of amides is 2. The molecule has 24 heavy (non-hydrogen) atoms. The van der Waals surface area contributed by atoms with Gasteiger partial charge in [0.1, 0.15) is 0 Å². The van der Waals surface area contributed by atoms with Crippen molar-refractivity contribution < 1.29 is 14.5 Å². The molecule has 1 aromatic carbocycles. The zero-order valence-electron chi connectivity index (χ0n) is 14.2. The van der Waals surface area contributed by atoms with E-state index in [1.165, 1.54) is 25.3 Å². The van der Waals surface area contributed by atoms with Crippen molar-refractivity contribution in [3.05, 3.63) is 33.9 Å². The molecule has 2 rings (SSSR count). The van der Waals surface area contributed by atoms with Gasteiger partial charge in [0.05, 0.1) is 17.6 Å². The molecule has 0 aliphatic heterocycles. The number of aryl methyl sites for hydroxylation is 1. The minimum absolute atomic E-state index is 0.0116. The molecule has 1 aliphatic carbocycles. The van der Waals surface area contributed by atoms with E-state index in [9.17, 15) is 14.9 Å². The summed E-state index contributed by atoms with van der Waals surface area (Å²) in [6.07, 6.45) is 5.04. The van der Waals surface area contributed by atoms with Crippen LogP contribution in [0.15, 0.2) is 18.2 Å². The smallest absolute Gasteiger partial charge is 0.319 e. The molecule has 0 aromatic heterocycles. The second kappa shape index (κ2) is 8.63. The van der Waals surface area contributed by atoms with Crippen LogP contribution >= 0.6 is 0 Å².